The highest BCUT2D eigenvalue weighted by molar-refractivity contribution is 6.02. The van der Waals surface area contributed by atoms with Crippen molar-refractivity contribution in [2.24, 2.45) is 11.3 Å². The quantitative estimate of drug-likeness (QED) is 0.392. The lowest BCUT2D eigenvalue weighted by atomic mass is 9.79. The SMILES string of the molecule is COC(=O)[C@@]1(C(=O)O)C=CC[C@@H]1C. The van der Waals surface area contributed by atoms with Crippen molar-refractivity contribution in [3.05, 3.63) is 12.2 Å². The molecule has 1 N–H and O–H groups in total. The normalized spacial score (nSPS) is 31.7. The second-order valence-electron chi connectivity index (χ2n) is 3.20. The Bertz CT molecular complexity index is 269. The molecule has 1 aliphatic carbocycles. The molecule has 13 heavy (non-hydrogen) atoms. The van der Waals surface area contributed by atoms with Crippen LogP contribution in [0.4, 0.5) is 0 Å². The van der Waals surface area contributed by atoms with Crippen LogP contribution in [0.15, 0.2) is 12.2 Å². The van der Waals surface area contributed by atoms with Gasteiger partial charge in [0.1, 0.15) is 0 Å². The lowest BCUT2D eigenvalue weighted by Gasteiger charge is -2.24. The third-order valence-corrected chi connectivity index (χ3v) is 2.52. The molecule has 0 fully saturated rings. The van der Waals surface area contributed by atoms with E-state index in [0.29, 0.717) is 6.42 Å². The maximum absolute atomic E-state index is 11.3. The molecule has 0 spiro atoms. The summed E-state index contributed by atoms with van der Waals surface area (Å²) in [4.78, 5) is 22.3. The number of carboxylic acids is 1. The number of hydrogen-bond acceptors (Lipinski definition) is 3. The highest BCUT2D eigenvalue weighted by Crippen LogP contribution is 2.39. The minimum atomic E-state index is -1.46. The largest absolute Gasteiger partial charge is 0.480 e. The summed E-state index contributed by atoms with van der Waals surface area (Å²) in [7, 11) is 1.20. The van der Waals surface area contributed by atoms with Crippen LogP contribution in [0.25, 0.3) is 0 Å². The fourth-order valence-electron chi connectivity index (χ4n) is 1.62. The van der Waals surface area contributed by atoms with Gasteiger partial charge in [0.2, 0.25) is 0 Å². The molecule has 0 aromatic carbocycles. The van der Waals surface area contributed by atoms with Crippen molar-refractivity contribution < 1.29 is 19.4 Å². The van der Waals surface area contributed by atoms with Gasteiger partial charge in [-0.2, -0.15) is 0 Å². The highest BCUT2D eigenvalue weighted by Gasteiger charge is 2.51. The molecule has 0 amide bonds. The van der Waals surface area contributed by atoms with Crippen LogP contribution in [0.1, 0.15) is 13.3 Å². The topological polar surface area (TPSA) is 63.6 Å². The molecule has 0 aromatic heterocycles. The van der Waals surface area contributed by atoms with E-state index in [0.717, 1.165) is 0 Å². The third kappa shape index (κ3) is 1.22. The molecular formula is C9H12O4. The van der Waals surface area contributed by atoms with E-state index >= 15 is 0 Å². The van der Waals surface area contributed by atoms with Gasteiger partial charge in [-0.25, -0.2) is 0 Å². The lowest BCUT2D eigenvalue weighted by molar-refractivity contribution is -0.165. The number of allylic oxidation sites excluding steroid dienone is 1. The molecule has 1 aliphatic rings. The molecule has 0 heterocycles. The van der Waals surface area contributed by atoms with Gasteiger partial charge in [0.15, 0.2) is 5.41 Å². The zero-order valence-corrected chi connectivity index (χ0v) is 7.61. The van der Waals surface area contributed by atoms with E-state index in [1.54, 1.807) is 13.0 Å². The molecule has 0 saturated heterocycles. The summed E-state index contributed by atoms with van der Waals surface area (Å²) >= 11 is 0. The zero-order chi connectivity index (χ0) is 10.1. The van der Waals surface area contributed by atoms with Crippen LogP contribution in [-0.2, 0) is 14.3 Å². The fourth-order valence-corrected chi connectivity index (χ4v) is 1.62. The lowest BCUT2D eigenvalue weighted by Crippen LogP contribution is -2.41. The number of rotatable bonds is 2. The van der Waals surface area contributed by atoms with Crippen LogP contribution in [0.5, 0.6) is 0 Å². The van der Waals surface area contributed by atoms with Gasteiger partial charge in [-0.15, -0.1) is 0 Å². The van der Waals surface area contributed by atoms with E-state index in [1.165, 1.54) is 13.2 Å². The van der Waals surface area contributed by atoms with Crippen molar-refractivity contribution in [3.63, 3.8) is 0 Å². The Morgan fingerprint density at radius 3 is 2.54 bits per heavy atom. The van der Waals surface area contributed by atoms with Gasteiger partial charge in [-0.1, -0.05) is 19.1 Å². The van der Waals surface area contributed by atoms with Crippen molar-refractivity contribution in [1.29, 1.82) is 0 Å². The van der Waals surface area contributed by atoms with E-state index in [9.17, 15) is 9.59 Å². The molecular weight excluding hydrogens is 172 g/mol. The molecule has 0 saturated carbocycles. The van der Waals surface area contributed by atoms with Crippen LogP contribution in [-0.4, -0.2) is 24.2 Å². The van der Waals surface area contributed by atoms with E-state index < -0.39 is 17.4 Å². The van der Waals surface area contributed by atoms with E-state index in [4.69, 9.17) is 5.11 Å². The number of hydrogen-bond donors (Lipinski definition) is 1. The number of carbonyl (C=O) groups excluding carboxylic acids is 1. The molecule has 0 bridgehead atoms. The van der Waals surface area contributed by atoms with Crippen LogP contribution in [0.2, 0.25) is 0 Å². The Morgan fingerprint density at radius 1 is 1.62 bits per heavy atom. The summed E-state index contributed by atoms with van der Waals surface area (Å²) in [6, 6.07) is 0. The first-order valence-corrected chi connectivity index (χ1v) is 4.05. The second kappa shape index (κ2) is 3.20. The number of aliphatic carboxylic acids is 1. The Morgan fingerprint density at radius 2 is 2.23 bits per heavy atom. The Hall–Kier alpha value is -1.32. The number of methoxy groups -OCH3 is 1. The molecule has 4 nitrogen and oxygen atoms in total. The summed E-state index contributed by atoms with van der Waals surface area (Å²) in [5, 5.41) is 8.98. The minimum absolute atomic E-state index is 0.238. The van der Waals surface area contributed by atoms with Crippen molar-refractivity contribution in [1.82, 2.24) is 0 Å². The summed E-state index contributed by atoms with van der Waals surface area (Å²) in [6.45, 7) is 1.73. The molecule has 0 unspecified atom stereocenters. The Labute approximate surface area is 76.2 Å². The molecule has 1 rings (SSSR count). The van der Waals surface area contributed by atoms with Crippen LogP contribution < -0.4 is 0 Å². The molecule has 2 atom stereocenters. The predicted octanol–water partition coefficient (Wildman–Crippen LogP) is 0.826. The highest BCUT2D eigenvalue weighted by atomic mass is 16.5. The fraction of sp³-hybridized carbons (Fsp3) is 0.556. The summed E-state index contributed by atoms with van der Waals surface area (Å²) < 4.78 is 4.50. The van der Waals surface area contributed by atoms with Crippen LogP contribution in [0, 0.1) is 11.3 Å². The summed E-state index contributed by atoms with van der Waals surface area (Å²) in [6.07, 6.45) is 3.73. The predicted molar refractivity (Wildman–Crippen MR) is 45.0 cm³/mol. The standard InChI is InChI=1S/C9H12O4/c1-6-4-3-5-9(6,7(10)11)8(12)13-2/h3,5-6H,4H2,1-2H3,(H,10,11)/t6-,9-/m0/s1. The van der Waals surface area contributed by atoms with Gasteiger partial charge in [-0.3, -0.25) is 9.59 Å². The molecule has 72 valence electrons. The first-order valence-electron chi connectivity index (χ1n) is 4.05. The molecule has 4 heteroatoms. The molecule has 0 aromatic rings. The number of carbonyl (C=O) groups is 2. The second-order valence-corrected chi connectivity index (χ2v) is 3.20. The minimum Gasteiger partial charge on any atom is -0.480 e. The van der Waals surface area contributed by atoms with Crippen molar-refractivity contribution in [3.8, 4) is 0 Å². The first-order chi connectivity index (χ1) is 6.05. The zero-order valence-electron chi connectivity index (χ0n) is 7.61. The maximum Gasteiger partial charge on any atom is 0.327 e. The first kappa shape index (κ1) is 9.77. The van der Waals surface area contributed by atoms with E-state index in [2.05, 4.69) is 4.74 Å². The summed E-state index contributed by atoms with van der Waals surface area (Å²) in [5.41, 5.74) is -1.46. The average molecular weight is 184 g/mol. The van der Waals surface area contributed by atoms with Gasteiger partial charge in [-0.05, 0) is 12.3 Å². The summed E-state index contributed by atoms with van der Waals surface area (Å²) in [5.74, 6) is -2.07. The van der Waals surface area contributed by atoms with Gasteiger partial charge in [0.25, 0.3) is 0 Å². The number of carboxylic acid groups (broad SMARTS) is 1. The van der Waals surface area contributed by atoms with Gasteiger partial charge in [0, 0.05) is 0 Å². The van der Waals surface area contributed by atoms with Crippen molar-refractivity contribution in [2.45, 2.75) is 13.3 Å². The van der Waals surface area contributed by atoms with Crippen molar-refractivity contribution >= 4 is 11.9 Å². The smallest absolute Gasteiger partial charge is 0.327 e. The van der Waals surface area contributed by atoms with E-state index in [1.807, 2.05) is 0 Å². The number of ether oxygens (including phenoxy) is 1. The Kier molecular flexibility index (Phi) is 2.40. The molecule has 0 aliphatic heterocycles. The maximum atomic E-state index is 11.3. The van der Waals surface area contributed by atoms with Gasteiger partial charge >= 0.3 is 11.9 Å². The Balaban J connectivity index is 3.08. The van der Waals surface area contributed by atoms with Crippen LogP contribution in [0.3, 0.4) is 0 Å². The molecule has 0 radical (unpaired) electrons. The van der Waals surface area contributed by atoms with E-state index in [-0.39, 0.29) is 5.92 Å². The number of esters is 1. The van der Waals surface area contributed by atoms with Crippen molar-refractivity contribution in [2.75, 3.05) is 7.11 Å². The van der Waals surface area contributed by atoms with Gasteiger partial charge in [0.05, 0.1) is 7.11 Å². The average Bonchev–Trinajstić information content (AvgIpc) is 2.47. The monoisotopic (exact) mass is 184 g/mol. The van der Waals surface area contributed by atoms with Gasteiger partial charge < -0.3 is 9.84 Å². The third-order valence-electron chi connectivity index (χ3n) is 2.52. The van der Waals surface area contributed by atoms with Crippen LogP contribution >= 0.6 is 0 Å².